The number of nitrogens with one attached hydrogen (secondary N) is 1. The molecule has 1 aromatic heterocycles. The molecule has 1 atom stereocenters. The maximum absolute atomic E-state index is 12.6. The van der Waals surface area contributed by atoms with Crippen molar-refractivity contribution in [3.8, 4) is 0 Å². The summed E-state index contributed by atoms with van der Waals surface area (Å²) in [6.45, 7) is 2.55. The first kappa shape index (κ1) is 15.3. The molecule has 1 N–H and O–H groups in total. The van der Waals surface area contributed by atoms with Crippen molar-refractivity contribution in [3.05, 3.63) is 71.9 Å². The first-order valence-electron chi connectivity index (χ1n) is 8.18. The summed E-state index contributed by atoms with van der Waals surface area (Å²) in [6.07, 6.45) is 0. The highest BCUT2D eigenvalue weighted by Crippen LogP contribution is 2.21. The fourth-order valence-corrected chi connectivity index (χ4v) is 2.78. The van der Waals surface area contributed by atoms with Crippen LogP contribution < -0.4 is 5.32 Å². The van der Waals surface area contributed by atoms with Gasteiger partial charge in [-0.2, -0.15) is 0 Å². The third kappa shape index (κ3) is 3.08. The van der Waals surface area contributed by atoms with Crippen LogP contribution in [-0.2, 0) is 4.74 Å². The van der Waals surface area contributed by atoms with Crippen molar-refractivity contribution in [1.29, 1.82) is 0 Å². The van der Waals surface area contributed by atoms with Crippen molar-refractivity contribution >= 4 is 28.4 Å². The standard InChI is InChI=1S/C20H17N3O2/c1-13-12-25-20(21-13)15-7-3-5-9-17(15)23-19(24)18-11-10-14-6-2-4-8-16(14)22-18/h2-11,13H,12H2,1H3,(H,23,24)/t13-/m0/s1. The molecule has 4 rings (SSSR count). The summed E-state index contributed by atoms with van der Waals surface area (Å²) < 4.78 is 5.62. The number of fused-ring (bicyclic) bond motifs is 1. The van der Waals surface area contributed by atoms with Crippen LogP contribution in [0.4, 0.5) is 5.69 Å². The second kappa shape index (κ2) is 6.36. The van der Waals surface area contributed by atoms with Crippen molar-refractivity contribution in [2.45, 2.75) is 13.0 Å². The van der Waals surface area contributed by atoms with Gasteiger partial charge in [0.05, 0.1) is 22.8 Å². The lowest BCUT2D eigenvalue weighted by Crippen LogP contribution is -2.16. The zero-order valence-corrected chi connectivity index (χ0v) is 13.8. The number of para-hydroxylation sites is 2. The molecule has 0 unspecified atom stereocenters. The maximum atomic E-state index is 12.6. The first-order chi connectivity index (χ1) is 12.2. The van der Waals surface area contributed by atoms with Gasteiger partial charge < -0.3 is 10.1 Å². The zero-order valence-electron chi connectivity index (χ0n) is 13.8. The predicted molar refractivity (Wildman–Crippen MR) is 98.1 cm³/mol. The molecule has 0 saturated heterocycles. The Labute approximate surface area is 145 Å². The molecule has 2 heterocycles. The molecule has 0 fully saturated rings. The van der Waals surface area contributed by atoms with E-state index in [-0.39, 0.29) is 11.9 Å². The minimum atomic E-state index is -0.259. The number of hydrogen-bond acceptors (Lipinski definition) is 4. The van der Waals surface area contributed by atoms with Gasteiger partial charge in [-0.25, -0.2) is 9.98 Å². The molecule has 2 aromatic carbocycles. The molecule has 5 heteroatoms. The Morgan fingerprint density at radius 2 is 1.88 bits per heavy atom. The summed E-state index contributed by atoms with van der Waals surface area (Å²) in [5.41, 5.74) is 2.60. The van der Waals surface area contributed by atoms with Crippen molar-refractivity contribution in [1.82, 2.24) is 4.98 Å². The van der Waals surface area contributed by atoms with Gasteiger partial charge in [-0.1, -0.05) is 36.4 Å². The number of pyridine rings is 1. The van der Waals surface area contributed by atoms with Gasteiger partial charge >= 0.3 is 0 Å². The van der Waals surface area contributed by atoms with Crippen LogP contribution in [0.2, 0.25) is 0 Å². The van der Waals surface area contributed by atoms with E-state index in [4.69, 9.17) is 4.74 Å². The van der Waals surface area contributed by atoms with Crippen molar-refractivity contribution in [3.63, 3.8) is 0 Å². The zero-order chi connectivity index (χ0) is 17.2. The third-order valence-corrected chi connectivity index (χ3v) is 4.04. The van der Waals surface area contributed by atoms with Crippen molar-refractivity contribution in [2.24, 2.45) is 4.99 Å². The molecule has 0 radical (unpaired) electrons. The van der Waals surface area contributed by atoms with E-state index in [1.807, 2.05) is 61.5 Å². The topological polar surface area (TPSA) is 63.6 Å². The first-order valence-corrected chi connectivity index (χ1v) is 8.18. The Bertz CT molecular complexity index is 981. The Balaban J connectivity index is 1.63. The number of amides is 1. The molecular weight excluding hydrogens is 314 g/mol. The van der Waals surface area contributed by atoms with Gasteiger partial charge in [-0.3, -0.25) is 4.79 Å². The molecule has 1 amide bonds. The number of aromatic nitrogens is 1. The average Bonchev–Trinajstić information content (AvgIpc) is 3.08. The smallest absolute Gasteiger partial charge is 0.274 e. The quantitative estimate of drug-likeness (QED) is 0.797. The third-order valence-electron chi connectivity index (χ3n) is 4.04. The fraction of sp³-hybridized carbons (Fsp3) is 0.150. The van der Waals surface area contributed by atoms with E-state index in [2.05, 4.69) is 15.3 Å². The SMILES string of the molecule is C[C@H]1COC(c2ccccc2NC(=O)c2ccc3ccccc3n2)=N1. The van der Waals surface area contributed by atoms with Gasteiger partial charge in [0, 0.05) is 5.39 Å². The van der Waals surface area contributed by atoms with E-state index in [1.54, 1.807) is 6.07 Å². The highest BCUT2D eigenvalue weighted by Gasteiger charge is 2.20. The number of nitrogens with zero attached hydrogens (tertiary/aromatic N) is 2. The molecule has 25 heavy (non-hydrogen) atoms. The van der Waals surface area contributed by atoms with Crippen molar-refractivity contribution < 1.29 is 9.53 Å². The van der Waals surface area contributed by atoms with Crippen LogP contribution >= 0.6 is 0 Å². The number of hydrogen-bond donors (Lipinski definition) is 1. The van der Waals surface area contributed by atoms with Crippen LogP contribution in [0.5, 0.6) is 0 Å². The normalized spacial score (nSPS) is 16.4. The summed E-state index contributed by atoms with van der Waals surface area (Å²) in [5, 5.41) is 3.92. The van der Waals surface area contributed by atoms with Crippen LogP contribution in [0.3, 0.4) is 0 Å². The van der Waals surface area contributed by atoms with Crippen LogP contribution in [-0.4, -0.2) is 29.4 Å². The van der Waals surface area contributed by atoms with Gasteiger partial charge in [0.2, 0.25) is 5.90 Å². The molecule has 0 spiro atoms. The van der Waals surface area contributed by atoms with Crippen LogP contribution in [0.15, 0.2) is 65.7 Å². The monoisotopic (exact) mass is 331 g/mol. The highest BCUT2D eigenvalue weighted by molar-refractivity contribution is 6.09. The Kier molecular flexibility index (Phi) is 3.90. The minimum absolute atomic E-state index is 0.126. The van der Waals surface area contributed by atoms with E-state index < -0.39 is 0 Å². The lowest BCUT2D eigenvalue weighted by atomic mass is 10.1. The molecule has 0 saturated carbocycles. The summed E-state index contributed by atoms with van der Waals surface area (Å²) in [7, 11) is 0. The molecule has 3 aromatic rings. The van der Waals surface area contributed by atoms with E-state index in [9.17, 15) is 4.79 Å². The largest absolute Gasteiger partial charge is 0.475 e. The fourth-order valence-electron chi connectivity index (χ4n) is 2.78. The second-order valence-electron chi connectivity index (χ2n) is 5.98. The van der Waals surface area contributed by atoms with Crippen LogP contribution in [0.1, 0.15) is 23.0 Å². The molecule has 1 aliphatic heterocycles. The summed E-state index contributed by atoms with van der Waals surface area (Å²) in [5.74, 6) is 0.305. The lowest BCUT2D eigenvalue weighted by Gasteiger charge is -2.10. The number of carbonyl (C=O) groups excluding carboxylic acids is 1. The molecular formula is C20H17N3O2. The van der Waals surface area contributed by atoms with Gasteiger partial charge in [-0.15, -0.1) is 0 Å². The Hall–Kier alpha value is -3.21. The van der Waals surface area contributed by atoms with Crippen LogP contribution in [0.25, 0.3) is 10.9 Å². The van der Waals surface area contributed by atoms with Crippen LogP contribution in [0, 0.1) is 0 Å². The number of rotatable bonds is 3. The van der Waals surface area contributed by atoms with Gasteiger partial charge in [0.25, 0.3) is 5.91 Å². The number of anilines is 1. The van der Waals surface area contributed by atoms with Gasteiger partial charge in [0.1, 0.15) is 12.3 Å². The average molecular weight is 331 g/mol. The van der Waals surface area contributed by atoms with Crippen molar-refractivity contribution in [2.75, 3.05) is 11.9 Å². The minimum Gasteiger partial charge on any atom is -0.475 e. The van der Waals surface area contributed by atoms with E-state index in [0.717, 1.165) is 16.5 Å². The van der Waals surface area contributed by atoms with E-state index in [0.29, 0.717) is 23.9 Å². The maximum Gasteiger partial charge on any atom is 0.274 e. The highest BCUT2D eigenvalue weighted by atomic mass is 16.5. The Morgan fingerprint density at radius 3 is 2.72 bits per heavy atom. The molecule has 0 bridgehead atoms. The van der Waals surface area contributed by atoms with Gasteiger partial charge in [-0.05, 0) is 31.2 Å². The molecule has 5 nitrogen and oxygen atoms in total. The van der Waals surface area contributed by atoms with Gasteiger partial charge in [0.15, 0.2) is 0 Å². The molecule has 124 valence electrons. The number of ether oxygens (including phenoxy) is 1. The lowest BCUT2D eigenvalue weighted by molar-refractivity contribution is 0.102. The number of carbonyl (C=O) groups is 1. The summed E-state index contributed by atoms with van der Waals surface area (Å²) in [6, 6.07) is 19.0. The number of benzene rings is 2. The van der Waals surface area contributed by atoms with E-state index >= 15 is 0 Å². The predicted octanol–water partition coefficient (Wildman–Crippen LogP) is 3.65. The summed E-state index contributed by atoms with van der Waals surface area (Å²) in [4.78, 5) is 21.5. The second-order valence-corrected chi connectivity index (χ2v) is 5.98. The summed E-state index contributed by atoms with van der Waals surface area (Å²) >= 11 is 0. The molecule has 0 aliphatic carbocycles. The van der Waals surface area contributed by atoms with E-state index in [1.165, 1.54) is 0 Å². The Morgan fingerprint density at radius 1 is 1.08 bits per heavy atom. The number of aliphatic imine (C=N–C) groups is 1. The molecule has 1 aliphatic rings.